The van der Waals surface area contributed by atoms with Gasteiger partial charge < -0.3 is 15.0 Å². The molecule has 1 saturated heterocycles. The molecule has 1 atom stereocenters. The van der Waals surface area contributed by atoms with Crippen molar-refractivity contribution >= 4 is 23.2 Å². The van der Waals surface area contributed by atoms with E-state index < -0.39 is 0 Å². The number of carbonyl (C=O) groups excluding carboxylic acids is 1. The molecule has 6 heteroatoms. The summed E-state index contributed by atoms with van der Waals surface area (Å²) < 4.78 is 5.46. The zero-order valence-corrected chi connectivity index (χ0v) is 16.6. The number of halogens is 1. The lowest BCUT2D eigenvalue weighted by molar-refractivity contribution is -0.126. The molecule has 1 aliphatic rings. The zero-order valence-electron chi connectivity index (χ0n) is 15.8. The molecule has 0 aromatic heterocycles. The van der Waals surface area contributed by atoms with Crippen LogP contribution < -0.4 is 15.0 Å². The Morgan fingerprint density at radius 3 is 2.52 bits per heavy atom. The molecule has 1 unspecified atom stereocenters. The number of ether oxygens (including phenoxy) is 1. The maximum atomic E-state index is 12.5. The third-order valence-corrected chi connectivity index (χ3v) is 5.27. The molecule has 0 radical (unpaired) electrons. The molecule has 3 rings (SSSR count). The van der Waals surface area contributed by atoms with Crippen molar-refractivity contribution < 1.29 is 9.53 Å². The van der Waals surface area contributed by atoms with Crippen LogP contribution >= 0.6 is 11.6 Å². The number of anilines is 1. The predicted octanol–water partition coefficient (Wildman–Crippen LogP) is 3.18. The average Bonchev–Trinajstić information content (AvgIpc) is 2.72. The molecule has 0 spiro atoms. The van der Waals surface area contributed by atoms with E-state index in [1.165, 1.54) is 0 Å². The van der Waals surface area contributed by atoms with Crippen LogP contribution in [0.2, 0.25) is 5.02 Å². The van der Waals surface area contributed by atoms with Crippen LogP contribution in [-0.4, -0.2) is 50.1 Å². The maximum absolute atomic E-state index is 12.5. The fourth-order valence-corrected chi connectivity index (χ4v) is 3.53. The van der Waals surface area contributed by atoms with E-state index in [9.17, 15) is 4.79 Å². The number of amides is 1. The first kappa shape index (κ1) is 19.5. The van der Waals surface area contributed by atoms with E-state index >= 15 is 0 Å². The average molecular weight is 388 g/mol. The topological polar surface area (TPSA) is 44.8 Å². The van der Waals surface area contributed by atoms with Crippen LogP contribution in [0.3, 0.4) is 0 Å². The lowest BCUT2D eigenvalue weighted by Gasteiger charge is -2.39. The Labute approximate surface area is 165 Å². The molecule has 1 aliphatic heterocycles. The summed E-state index contributed by atoms with van der Waals surface area (Å²) in [4.78, 5) is 17.0. The Bertz CT molecular complexity index is 761. The molecule has 1 amide bonds. The molecule has 2 aromatic rings. The van der Waals surface area contributed by atoms with Gasteiger partial charge in [0.2, 0.25) is 5.91 Å². The summed E-state index contributed by atoms with van der Waals surface area (Å²) in [5, 5.41) is 3.73. The number of carbonyl (C=O) groups is 1. The van der Waals surface area contributed by atoms with Gasteiger partial charge in [-0.05, 0) is 30.7 Å². The number of benzene rings is 2. The third kappa shape index (κ3) is 4.93. The Balaban J connectivity index is 1.54. The van der Waals surface area contributed by atoms with Crippen molar-refractivity contribution in [1.82, 2.24) is 10.2 Å². The summed E-state index contributed by atoms with van der Waals surface area (Å²) in [6.45, 7) is 5.81. The maximum Gasteiger partial charge on any atom is 0.237 e. The second kappa shape index (κ2) is 9.11. The minimum absolute atomic E-state index is 0.0626. The number of hydrogen-bond acceptors (Lipinski definition) is 4. The largest absolute Gasteiger partial charge is 0.495 e. The van der Waals surface area contributed by atoms with Crippen molar-refractivity contribution in [2.24, 2.45) is 0 Å². The molecular formula is C21H26ClN3O2. The Kier molecular flexibility index (Phi) is 6.58. The highest BCUT2D eigenvalue weighted by molar-refractivity contribution is 6.30. The van der Waals surface area contributed by atoms with Gasteiger partial charge in [0.05, 0.1) is 18.8 Å². The van der Waals surface area contributed by atoms with Crippen molar-refractivity contribution in [3.8, 4) is 5.75 Å². The number of nitrogens with one attached hydrogen (secondary N) is 1. The van der Waals surface area contributed by atoms with E-state index in [0.717, 1.165) is 43.2 Å². The minimum Gasteiger partial charge on any atom is -0.495 e. The van der Waals surface area contributed by atoms with Crippen molar-refractivity contribution in [2.75, 3.05) is 38.2 Å². The van der Waals surface area contributed by atoms with Crippen LogP contribution in [0.25, 0.3) is 0 Å². The second-order valence-corrected chi connectivity index (χ2v) is 7.15. The minimum atomic E-state index is -0.155. The molecule has 1 fully saturated rings. The molecule has 27 heavy (non-hydrogen) atoms. The highest BCUT2D eigenvalue weighted by atomic mass is 35.5. The second-order valence-electron chi connectivity index (χ2n) is 6.72. The van der Waals surface area contributed by atoms with Crippen LogP contribution in [0, 0.1) is 0 Å². The van der Waals surface area contributed by atoms with E-state index in [1.807, 2.05) is 55.5 Å². The quantitative estimate of drug-likeness (QED) is 0.826. The van der Waals surface area contributed by atoms with Crippen LogP contribution in [0.1, 0.15) is 12.5 Å². The molecule has 0 aliphatic carbocycles. The molecule has 0 bridgehead atoms. The molecule has 2 aromatic carbocycles. The molecule has 1 N–H and O–H groups in total. The van der Waals surface area contributed by atoms with E-state index in [2.05, 4.69) is 15.1 Å². The lowest BCUT2D eigenvalue weighted by atomic mass is 10.1. The van der Waals surface area contributed by atoms with E-state index in [4.69, 9.17) is 16.3 Å². The van der Waals surface area contributed by atoms with Gasteiger partial charge in [-0.15, -0.1) is 0 Å². The van der Waals surface area contributed by atoms with Crippen molar-refractivity contribution in [3.05, 3.63) is 59.1 Å². The first-order valence-corrected chi connectivity index (χ1v) is 9.60. The van der Waals surface area contributed by atoms with Crippen molar-refractivity contribution in [1.29, 1.82) is 0 Å². The summed E-state index contributed by atoms with van der Waals surface area (Å²) in [6, 6.07) is 15.5. The summed E-state index contributed by atoms with van der Waals surface area (Å²) >= 11 is 6.15. The number of methoxy groups -OCH3 is 1. The molecule has 1 heterocycles. The van der Waals surface area contributed by atoms with Gasteiger partial charge in [-0.25, -0.2) is 0 Å². The van der Waals surface area contributed by atoms with Crippen molar-refractivity contribution in [3.63, 3.8) is 0 Å². The first-order valence-electron chi connectivity index (χ1n) is 9.22. The highest BCUT2D eigenvalue weighted by Crippen LogP contribution is 2.32. The van der Waals surface area contributed by atoms with Gasteiger partial charge in [0.25, 0.3) is 0 Å². The van der Waals surface area contributed by atoms with E-state index in [0.29, 0.717) is 11.6 Å². The highest BCUT2D eigenvalue weighted by Gasteiger charge is 2.26. The number of hydrogen-bond donors (Lipinski definition) is 1. The SMILES string of the molecule is COc1ccc(Cl)cc1N1CCN(C(C)C(=O)NCc2ccccc2)CC1. The van der Waals surface area contributed by atoms with Crippen LogP contribution in [0.15, 0.2) is 48.5 Å². The monoisotopic (exact) mass is 387 g/mol. The summed E-state index contributed by atoms with van der Waals surface area (Å²) in [5.41, 5.74) is 2.11. The van der Waals surface area contributed by atoms with Crippen LogP contribution in [0.4, 0.5) is 5.69 Å². The summed E-state index contributed by atoms with van der Waals surface area (Å²) in [7, 11) is 1.67. The van der Waals surface area contributed by atoms with Gasteiger partial charge >= 0.3 is 0 Å². The van der Waals surface area contributed by atoms with Crippen molar-refractivity contribution in [2.45, 2.75) is 19.5 Å². The number of nitrogens with zero attached hydrogens (tertiary/aromatic N) is 2. The van der Waals surface area contributed by atoms with E-state index in [-0.39, 0.29) is 11.9 Å². The van der Waals surface area contributed by atoms with Gasteiger partial charge in [0.15, 0.2) is 0 Å². The van der Waals surface area contributed by atoms with Gasteiger partial charge in [-0.1, -0.05) is 41.9 Å². The first-order chi connectivity index (χ1) is 13.1. The normalized spacial score (nSPS) is 16.0. The third-order valence-electron chi connectivity index (χ3n) is 5.03. The van der Waals surface area contributed by atoms with Gasteiger partial charge in [-0.3, -0.25) is 9.69 Å². The number of rotatable bonds is 6. The Morgan fingerprint density at radius 1 is 1.15 bits per heavy atom. The zero-order chi connectivity index (χ0) is 19.2. The molecular weight excluding hydrogens is 362 g/mol. The van der Waals surface area contributed by atoms with Gasteiger partial charge in [0, 0.05) is 37.7 Å². The van der Waals surface area contributed by atoms with Gasteiger partial charge in [0.1, 0.15) is 5.75 Å². The predicted molar refractivity (Wildman–Crippen MR) is 110 cm³/mol. The van der Waals surface area contributed by atoms with Gasteiger partial charge in [-0.2, -0.15) is 0 Å². The lowest BCUT2D eigenvalue weighted by Crippen LogP contribution is -2.53. The molecule has 0 saturated carbocycles. The smallest absolute Gasteiger partial charge is 0.237 e. The summed E-state index contributed by atoms with van der Waals surface area (Å²) in [6.07, 6.45) is 0. The van der Waals surface area contributed by atoms with Crippen LogP contribution in [-0.2, 0) is 11.3 Å². The fourth-order valence-electron chi connectivity index (χ4n) is 3.36. The summed E-state index contributed by atoms with van der Waals surface area (Å²) in [5.74, 6) is 0.883. The fraction of sp³-hybridized carbons (Fsp3) is 0.381. The Hall–Kier alpha value is -2.24. The standard InChI is InChI=1S/C21H26ClN3O2/c1-16(21(26)23-15-17-6-4-3-5-7-17)24-10-12-25(13-11-24)19-14-18(22)8-9-20(19)27-2/h3-9,14,16H,10-13,15H2,1-2H3,(H,23,26). The van der Waals surface area contributed by atoms with Crippen LogP contribution in [0.5, 0.6) is 5.75 Å². The number of piperazine rings is 1. The molecule has 144 valence electrons. The van der Waals surface area contributed by atoms with E-state index in [1.54, 1.807) is 7.11 Å². The molecule has 5 nitrogen and oxygen atoms in total. The Morgan fingerprint density at radius 2 is 1.85 bits per heavy atom.